The van der Waals surface area contributed by atoms with Crippen LogP contribution >= 0.6 is 23.1 Å². The number of thioether (sulfide) groups is 1. The van der Waals surface area contributed by atoms with Gasteiger partial charge in [-0.2, -0.15) is 0 Å². The van der Waals surface area contributed by atoms with Crippen LogP contribution in [0, 0.1) is 0 Å². The molecule has 1 aliphatic rings. The number of carbonyl (C=O) groups is 2. The number of anilines is 1. The molecular formula is C16H21N5O4S2. The van der Waals surface area contributed by atoms with E-state index in [9.17, 15) is 9.59 Å². The lowest BCUT2D eigenvalue weighted by molar-refractivity contribution is -0.135. The maximum Gasteiger partial charge on any atom is 0.248 e. The van der Waals surface area contributed by atoms with Gasteiger partial charge in [0.25, 0.3) is 0 Å². The number of nitrogens with zero attached hydrogens (tertiary/aromatic N) is 4. The summed E-state index contributed by atoms with van der Waals surface area (Å²) in [5.74, 6) is 0.911. The smallest absolute Gasteiger partial charge is 0.248 e. The van der Waals surface area contributed by atoms with Crippen molar-refractivity contribution in [3.63, 3.8) is 0 Å². The van der Waals surface area contributed by atoms with Gasteiger partial charge in [0.05, 0.1) is 18.6 Å². The van der Waals surface area contributed by atoms with Crippen LogP contribution < -0.4 is 10.2 Å². The number of hydrogen-bond donors (Lipinski definition) is 1. The summed E-state index contributed by atoms with van der Waals surface area (Å²) in [7, 11) is 1.52. The topological polar surface area (TPSA) is 101 Å². The Bertz CT molecular complexity index is 744. The van der Waals surface area contributed by atoms with Crippen molar-refractivity contribution < 1.29 is 18.7 Å². The molecule has 3 rings (SSSR count). The number of hydrogen-bond acceptors (Lipinski definition) is 9. The molecule has 0 radical (unpaired) electrons. The zero-order chi connectivity index (χ0) is 19.1. The normalized spacial score (nSPS) is 14.4. The molecule has 0 saturated carbocycles. The van der Waals surface area contributed by atoms with Gasteiger partial charge in [0.15, 0.2) is 4.34 Å². The molecule has 11 heteroatoms. The van der Waals surface area contributed by atoms with E-state index in [2.05, 4.69) is 20.4 Å². The summed E-state index contributed by atoms with van der Waals surface area (Å²) in [5, 5.41) is 12.0. The fourth-order valence-corrected chi connectivity index (χ4v) is 4.25. The molecule has 0 bridgehead atoms. The molecule has 2 aromatic heterocycles. The Balaban J connectivity index is 1.41. The number of amides is 2. The summed E-state index contributed by atoms with van der Waals surface area (Å²) in [4.78, 5) is 27.6. The zero-order valence-corrected chi connectivity index (χ0v) is 16.6. The van der Waals surface area contributed by atoms with Crippen LogP contribution in [0.2, 0.25) is 0 Å². The number of methoxy groups -OCH3 is 1. The van der Waals surface area contributed by atoms with Gasteiger partial charge in [0, 0.05) is 33.3 Å². The first-order valence-corrected chi connectivity index (χ1v) is 10.2. The SMILES string of the molecule is COCC(=O)N1CCN(c2nnc(SCC(=O)NCc3ccco3)s2)CC1. The van der Waals surface area contributed by atoms with Gasteiger partial charge in [-0.1, -0.05) is 23.1 Å². The van der Waals surface area contributed by atoms with Crippen molar-refractivity contribution in [3.8, 4) is 0 Å². The van der Waals surface area contributed by atoms with Gasteiger partial charge >= 0.3 is 0 Å². The lowest BCUT2D eigenvalue weighted by Crippen LogP contribution is -2.49. The van der Waals surface area contributed by atoms with Gasteiger partial charge in [-0.05, 0) is 12.1 Å². The minimum atomic E-state index is -0.0848. The highest BCUT2D eigenvalue weighted by molar-refractivity contribution is 8.01. The zero-order valence-electron chi connectivity index (χ0n) is 14.9. The number of carbonyl (C=O) groups excluding carboxylic acids is 2. The third-order valence-corrected chi connectivity index (χ3v) is 6.05. The Kier molecular flexibility index (Phi) is 7.07. The highest BCUT2D eigenvalue weighted by Gasteiger charge is 2.23. The Labute approximate surface area is 165 Å². The molecule has 3 heterocycles. The second kappa shape index (κ2) is 9.72. The Morgan fingerprint density at radius 3 is 2.85 bits per heavy atom. The molecule has 146 valence electrons. The number of furan rings is 1. The first-order valence-electron chi connectivity index (χ1n) is 8.42. The molecule has 1 fully saturated rings. The summed E-state index contributed by atoms with van der Waals surface area (Å²) in [6.07, 6.45) is 1.58. The van der Waals surface area contributed by atoms with E-state index in [1.54, 1.807) is 17.2 Å². The average Bonchev–Trinajstić information content (AvgIpc) is 3.37. The molecule has 2 amide bonds. The van der Waals surface area contributed by atoms with E-state index in [1.807, 2.05) is 6.07 Å². The number of nitrogens with one attached hydrogen (secondary N) is 1. The van der Waals surface area contributed by atoms with Crippen molar-refractivity contribution in [3.05, 3.63) is 24.2 Å². The van der Waals surface area contributed by atoms with Crippen LogP contribution in [0.15, 0.2) is 27.2 Å². The van der Waals surface area contributed by atoms with E-state index >= 15 is 0 Å². The second-order valence-electron chi connectivity index (χ2n) is 5.80. The average molecular weight is 412 g/mol. The fraction of sp³-hybridized carbons (Fsp3) is 0.500. The molecule has 0 atom stereocenters. The molecule has 0 unspecified atom stereocenters. The summed E-state index contributed by atoms with van der Waals surface area (Å²) in [6.45, 7) is 3.18. The number of aromatic nitrogens is 2. The lowest BCUT2D eigenvalue weighted by Gasteiger charge is -2.34. The van der Waals surface area contributed by atoms with E-state index in [0.29, 0.717) is 32.7 Å². The van der Waals surface area contributed by atoms with E-state index < -0.39 is 0 Å². The Hall–Kier alpha value is -2.11. The quantitative estimate of drug-likeness (QED) is 0.638. The summed E-state index contributed by atoms with van der Waals surface area (Å²) >= 11 is 2.81. The Morgan fingerprint density at radius 1 is 1.33 bits per heavy atom. The van der Waals surface area contributed by atoms with E-state index in [-0.39, 0.29) is 24.2 Å². The van der Waals surface area contributed by atoms with Gasteiger partial charge in [0.1, 0.15) is 12.4 Å². The van der Waals surface area contributed by atoms with Crippen molar-refractivity contribution in [1.82, 2.24) is 20.4 Å². The largest absolute Gasteiger partial charge is 0.467 e. The molecule has 2 aromatic rings. The summed E-state index contributed by atoms with van der Waals surface area (Å²) in [6, 6.07) is 3.60. The van der Waals surface area contributed by atoms with Crippen LogP contribution in [0.3, 0.4) is 0 Å². The maximum absolute atomic E-state index is 11.9. The number of ether oxygens (including phenoxy) is 1. The van der Waals surface area contributed by atoms with E-state index in [0.717, 1.165) is 15.2 Å². The standard InChI is InChI=1S/C16H21N5O4S2/c1-24-10-14(23)20-4-6-21(7-5-20)15-18-19-16(27-15)26-11-13(22)17-9-12-3-2-8-25-12/h2-3,8H,4-7,9-11H2,1H3,(H,17,22). The van der Waals surface area contributed by atoms with Crippen LogP contribution in [0.4, 0.5) is 5.13 Å². The molecule has 1 saturated heterocycles. The lowest BCUT2D eigenvalue weighted by atomic mass is 10.3. The molecule has 1 N–H and O–H groups in total. The van der Waals surface area contributed by atoms with Crippen LogP contribution in [0.25, 0.3) is 0 Å². The minimum absolute atomic E-state index is 0.00576. The monoisotopic (exact) mass is 411 g/mol. The van der Waals surface area contributed by atoms with Gasteiger partial charge < -0.3 is 24.3 Å². The minimum Gasteiger partial charge on any atom is -0.467 e. The molecule has 0 aliphatic carbocycles. The number of rotatable bonds is 8. The van der Waals surface area contributed by atoms with Crippen molar-refractivity contribution in [2.24, 2.45) is 0 Å². The second-order valence-corrected chi connectivity index (χ2v) is 7.97. The predicted octanol–water partition coefficient (Wildman–Crippen LogP) is 0.835. The van der Waals surface area contributed by atoms with Gasteiger partial charge in [-0.25, -0.2) is 0 Å². The van der Waals surface area contributed by atoms with Gasteiger partial charge in [0.2, 0.25) is 16.9 Å². The van der Waals surface area contributed by atoms with Gasteiger partial charge in [-0.15, -0.1) is 10.2 Å². The van der Waals surface area contributed by atoms with Crippen molar-refractivity contribution in [2.75, 3.05) is 50.5 Å². The third kappa shape index (κ3) is 5.68. The van der Waals surface area contributed by atoms with E-state index in [1.165, 1.54) is 30.2 Å². The van der Waals surface area contributed by atoms with Gasteiger partial charge in [-0.3, -0.25) is 9.59 Å². The molecule has 27 heavy (non-hydrogen) atoms. The Morgan fingerprint density at radius 2 is 2.15 bits per heavy atom. The fourth-order valence-electron chi connectivity index (χ4n) is 2.53. The maximum atomic E-state index is 11.9. The molecule has 0 aromatic carbocycles. The van der Waals surface area contributed by atoms with Crippen LogP contribution in [0.1, 0.15) is 5.76 Å². The van der Waals surface area contributed by atoms with Crippen molar-refractivity contribution >= 4 is 40.0 Å². The molecular weight excluding hydrogens is 390 g/mol. The molecule has 1 aliphatic heterocycles. The predicted molar refractivity (Wildman–Crippen MR) is 102 cm³/mol. The molecule has 0 spiro atoms. The number of piperazine rings is 1. The van der Waals surface area contributed by atoms with Crippen molar-refractivity contribution in [1.29, 1.82) is 0 Å². The van der Waals surface area contributed by atoms with Crippen LogP contribution in [-0.4, -0.2) is 72.6 Å². The summed E-state index contributed by atoms with van der Waals surface area (Å²) in [5.41, 5.74) is 0. The summed E-state index contributed by atoms with van der Waals surface area (Å²) < 4.78 is 10.8. The van der Waals surface area contributed by atoms with Crippen LogP contribution in [-0.2, 0) is 20.9 Å². The van der Waals surface area contributed by atoms with Crippen LogP contribution in [0.5, 0.6) is 0 Å². The third-order valence-electron chi connectivity index (χ3n) is 3.93. The van der Waals surface area contributed by atoms with E-state index in [4.69, 9.17) is 9.15 Å². The molecule has 9 nitrogen and oxygen atoms in total. The first kappa shape index (κ1) is 19.6. The highest BCUT2D eigenvalue weighted by Crippen LogP contribution is 2.28. The highest BCUT2D eigenvalue weighted by atomic mass is 32.2. The van der Waals surface area contributed by atoms with Crippen molar-refractivity contribution in [2.45, 2.75) is 10.9 Å². The first-order chi connectivity index (χ1) is 13.2.